The molecule has 3 aromatic rings. The Kier molecular flexibility index (Phi) is 5.56. The van der Waals surface area contributed by atoms with Gasteiger partial charge in [0.15, 0.2) is 0 Å². The molecule has 0 aliphatic carbocycles. The number of nitrogens with zero attached hydrogens (tertiary/aromatic N) is 3. The number of rotatable bonds is 5. The number of imide groups is 1. The molecule has 2 aliphatic heterocycles. The van der Waals surface area contributed by atoms with Gasteiger partial charge in [-0.1, -0.05) is 29.8 Å². The van der Waals surface area contributed by atoms with Crippen molar-refractivity contribution in [1.82, 2.24) is 14.7 Å². The summed E-state index contributed by atoms with van der Waals surface area (Å²) in [4.78, 5) is 44.0. The fourth-order valence-electron chi connectivity index (χ4n) is 4.49. The smallest absolute Gasteiger partial charge is 0.261 e. The van der Waals surface area contributed by atoms with E-state index in [-0.39, 0.29) is 23.9 Å². The number of benzene rings is 2. The number of hydrogen-bond acceptors (Lipinski definition) is 5. The first kappa shape index (κ1) is 21.2. The topological polar surface area (TPSA) is 74.1 Å². The van der Waals surface area contributed by atoms with Crippen LogP contribution in [-0.4, -0.2) is 58.6 Å². The fourth-order valence-corrected chi connectivity index (χ4v) is 4.49. The molecule has 7 nitrogen and oxygen atoms in total. The zero-order valence-electron chi connectivity index (χ0n) is 18.5. The van der Waals surface area contributed by atoms with Crippen molar-refractivity contribution in [2.24, 2.45) is 0 Å². The molecule has 3 heterocycles. The summed E-state index contributed by atoms with van der Waals surface area (Å²) in [5, 5.41) is 0. The molecule has 0 N–H and O–H groups in total. The molecule has 168 valence electrons. The normalized spacial score (nSPS) is 16.4. The fraction of sp³-hybridized carbons (Fsp3) is 0.269. The van der Waals surface area contributed by atoms with E-state index in [1.54, 1.807) is 30.3 Å². The van der Waals surface area contributed by atoms with Crippen molar-refractivity contribution in [3.8, 4) is 0 Å². The summed E-state index contributed by atoms with van der Waals surface area (Å²) >= 11 is 0. The van der Waals surface area contributed by atoms with Crippen LogP contribution in [0.3, 0.4) is 0 Å². The van der Waals surface area contributed by atoms with E-state index in [2.05, 4.69) is 36.1 Å². The maximum absolute atomic E-state index is 13.1. The quantitative estimate of drug-likeness (QED) is 0.566. The second-order valence-corrected chi connectivity index (χ2v) is 8.59. The van der Waals surface area contributed by atoms with Crippen molar-refractivity contribution in [2.75, 3.05) is 26.2 Å². The van der Waals surface area contributed by atoms with Crippen LogP contribution >= 0.6 is 0 Å². The van der Waals surface area contributed by atoms with E-state index in [1.165, 1.54) is 17.4 Å². The second-order valence-electron chi connectivity index (χ2n) is 8.59. The molecule has 0 spiro atoms. The third kappa shape index (κ3) is 4.19. The van der Waals surface area contributed by atoms with Gasteiger partial charge < -0.3 is 9.32 Å². The summed E-state index contributed by atoms with van der Waals surface area (Å²) < 4.78 is 5.27. The minimum atomic E-state index is -0.399. The number of fused-ring (bicyclic) bond motifs is 1. The molecule has 2 aliphatic rings. The van der Waals surface area contributed by atoms with Crippen LogP contribution in [0.5, 0.6) is 0 Å². The second kappa shape index (κ2) is 8.67. The summed E-state index contributed by atoms with van der Waals surface area (Å²) in [6.07, 6.45) is 1.50. The Morgan fingerprint density at radius 2 is 1.67 bits per heavy atom. The van der Waals surface area contributed by atoms with E-state index in [9.17, 15) is 14.4 Å². The van der Waals surface area contributed by atoms with Gasteiger partial charge in [-0.3, -0.25) is 24.2 Å². The number of carbonyl (C=O) groups excluding carboxylic acids is 3. The summed E-state index contributed by atoms with van der Waals surface area (Å²) in [5.74, 6) is -0.346. The maximum Gasteiger partial charge on any atom is 0.261 e. The van der Waals surface area contributed by atoms with Gasteiger partial charge in [-0.05, 0) is 42.8 Å². The first-order valence-electron chi connectivity index (χ1n) is 11.1. The number of piperazine rings is 1. The van der Waals surface area contributed by atoms with E-state index >= 15 is 0 Å². The highest BCUT2D eigenvalue weighted by Crippen LogP contribution is 2.26. The van der Waals surface area contributed by atoms with E-state index in [4.69, 9.17) is 4.42 Å². The van der Waals surface area contributed by atoms with Crippen molar-refractivity contribution < 1.29 is 18.8 Å². The lowest BCUT2D eigenvalue weighted by Gasteiger charge is -2.35. The molecule has 1 aromatic heterocycles. The summed E-state index contributed by atoms with van der Waals surface area (Å²) in [5.41, 5.74) is 3.55. The lowest BCUT2D eigenvalue weighted by molar-refractivity contribution is 0.0623. The third-order valence-corrected chi connectivity index (χ3v) is 6.26. The summed E-state index contributed by atoms with van der Waals surface area (Å²) in [7, 11) is 0. The molecule has 5 rings (SSSR count). The highest BCUT2D eigenvalue weighted by atomic mass is 16.3. The average Bonchev–Trinajstić information content (AvgIpc) is 3.42. The van der Waals surface area contributed by atoms with Gasteiger partial charge in [-0.2, -0.15) is 0 Å². The van der Waals surface area contributed by atoms with Gasteiger partial charge in [0.1, 0.15) is 5.76 Å². The first-order chi connectivity index (χ1) is 16.0. The molecule has 33 heavy (non-hydrogen) atoms. The predicted octanol–water partition coefficient (Wildman–Crippen LogP) is 3.34. The monoisotopic (exact) mass is 443 g/mol. The van der Waals surface area contributed by atoms with E-state index < -0.39 is 5.91 Å². The molecule has 7 heteroatoms. The lowest BCUT2D eigenvalue weighted by atomic mass is 10.0. The van der Waals surface area contributed by atoms with Crippen LogP contribution < -0.4 is 0 Å². The minimum absolute atomic E-state index is 0.0749. The average molecular weight is 444 g/mol. The van der Waals surface area contributed by atoms with Crippen LogP contribution in [0.1, 0.15) is 48.0 Å². The van der Waals surface area contributed by atoms with Crippen molar-refractivity contribution in [1.29, 1.82) is 0 Å². The summed E-state index contributed by atoms with van der Waals surface area (Å²) in [6, 6.07) is 16.7. The molecule has 0 saturated carbocycles. The van der Waals surface area contributed by atoms with E-state index in [0.717, 1.165) is 24.5 Å². The van der Waals surface area contributed by atoms with Gasteiger partial charge in [-0.25, -0.2) is 0 Å². The van der Waals surface area contributed by atoms with E-state index in [0.29, 0.717) is 30.0 Å². The largest absolute Gasteiger partial charge is 0.467 e. The standard InChI is InChI=1S/C26H25N3O4/c1-18-4-2-5-19(14-18)16-27-9-11-28(12-10-27)24(30)20-7-8-22-23(15-20)26(32)29(25(22)31)17-21-6-3-13-33-21/h2-8,13-15H,9-12,16-17H2,1H3. The Bertz CT molecular complexity index is 1210. The zero-order chi connectivity index (χ0) is 22.9. The Hall–Kier alpha value is -3.71. The molecular formula is C26H25N3O4. The van der Waals surface area contributed by atoms with Crippen molar-refractivity contribution in [2.45, 2.75) is 20.0 Å². The van der Waals surface area contributed by atoms with Gasteiger partial charge in [0.25, 0.3) is 17.7 Å². The third-order valence-electron chi connectivity index (χ3n) is 6.26. The van der Waals surface area contributed by atoms with Gasteiger partial charge in [0.2, 0.25) is 0 Å². The molecule has 0 unspecified atom stereocenters. The SMILES string of the molecule is Cc1cccc(CN2CCN(C(=O)c3ccc4c(c3)C(=O)N(Cc3ccco3)C4=O)CC2)c1. The Balaban J connectivity index is 1.24. The molecule has 1 saturated heterocycles. The van der Waals surface area contributed by atoms with Gasteiger partial charge in [-0.15, -0.1) is 0 Å². The first-order valence-corrected chi connectivity index (χ1v) is 11.1. The van der Waals surface area contributed by atoms with Crippen LogP contribution in [0, 0.1) is 6.92 Å². The Morgan fingerprint density at radius 1 is 0.879 bits per heavy atom. The van der Waals surface area contributed by atoms with Crippen molar-refractivity contribution in [3.05, 3.63) is 94.4 Å². The van der Waals surface area contributed by atoms with Crippen LogP contribution in [-0.2, 0) is 13.1 Å². The molecule has 3 amide bonds. The predicted molar refractivity (Wildman–Crippen MR) is 122 cm³/mol. The van der Waals surface area contributed by atoms with Crippen molar-refractivity contribution in [3.63, 3.8) is 0 Å². The Morgan fingerprint density at radius 3 is 2.39 bits per heavy atom. The molecular weight excluding hydrogens is 418 g/mol. The Labute approximate surface area is 192 Å². The molecule has 0 bridgehead atoms. The minimum Gasteiger partial charge on any atom is -0.467 e. The number of amides is 3. The maximum atomic E-state index is 13.1. The van der Waals surface area contributed by atoms with Crippen LogP contribution in [0.15, 0.2) is 65.3 Å². The van der Waals surface area contributed by atoms with E-state index in [1.807, 2.05) is 4.90 Å². The van der Waals surface area contributed by atoms with Gasteiger partial charge >= 0.3 is 0 Å². The number of carbonyl (C=O) groups is 3. The van der Waals surface area contributed by atoms with Crippen LogP contribution in [0.25, 0.3) is 0 Å². The highest BCUT2D eigenvalue weighted by molar-refractivity contribution is 6.22. The molecule has 2 aromatic carbocycles. The van der Waals surface area contributed by atoms with Crippen LogP contribution in [0.2, 0.25) is 0 Å². The summed E-state index contributed by atoms with van der Waals surface area (Å²) in [6.45, 7) is 5.86. The number of furan rings is 1. The van der Waals surface area contributed by atoms with Crippen molar-refractivity contribution >= 4 is 17.7 Å². The van der Waals surface area contributed by atoms with Crippen LogP contribution in [0.4, 0.5) is 0 Å². The molecule has 1 fully saturated rings. The highest BCUT2D eigenvalue weighted by Gasteiger charge is 2.37. The van der Waals surface area contributed by atoms with Gasteiger partial charge in [0, 0.05) is 38.3 Å². The van der Waals surface area contributed by atoms with Gasteiger partial charge in [0.05, 0.1) is 23.9 Å². The number of aryl methyl sites for hydroxylation is 1. The molecule has 0 atom stereocenters. The lowest BCUT2D eigenvalue weighted by Crippen LogP contribution is -2.48. The number of hydrogen-bond donors (Lipinski definition) is 0. The zero-order valence-corrected chi connectivity index (χ0v) is 18.5. The molecule has 0 radical (unpaired) electrons.